The lowest BCUT2D eigenvalue weighted by Crippen LogP contribution is -2.30. The summed E-state index contributed by atoms with van der Waals surface area (Å²) in [5.41, 5.74) is 0. The second-order valence-electron chi connectivity index (χ2n) is 17.8. The minimum absolute atomic E-state index is 0.0909. The molecule has 6 heteroatoms. The zero-order chi connectivity index (χ0) is 45.8. The van der Waals surface area contributed by atoms with E-state index >= 15 is 0 Å². The number of unbranched alkanes of at least 4 members (excludes halogenated alkanes) is 27. The fourth-order valence-corrected chi connectivity index (χ4v) is 7.43. The summed E-state index contributed by atoms with van der Waals surface area (Å²) in [6.07, 6.45) is 63.5. The van der Waals surface area contributed by atoms with Gasteiger partial charge >= 0.3 is 17.9 Å². The third-order valence-electron chi connectivity index (χ3n) is 11.5. The highest BCUT2D eigenvalue weighted by molar-refractivity contribution is 5.71. The average molecular weight is 881 g/mol. The second kappa shape index (κ2) is 51.7. The van der Waals surface area contributed by atoms with E-state index in [9.17, 15) is 14.4 Å². The number of hydrogen-bond acceptors (Lipinski definition) is 6. The Morgan fingerprint density at radius 3 is 1.00 bits per heavy atom. The molecule has 0 aromatic carbocycles. The van der Waals surface area contributed by atoms with Crippen molar-refractivity contribution < 1.29 is 28.6 Å². The summed E-state index contributed by atoms with van der Waals surface area (Å²) >= 11 is 0. The largest absolute Gasteiger partial charge is 0.462 e. The molecule has 0 aliphatic carbocycles. The quantitative estimate of drug-likeness (QED) is 0.0262. The van der Waals surface area contributed by atoms with Crippen LogP contribution in [0.5, 0.6) is 0 Å². The predicted molar refractivity (Wildman–Crippen MR) is 270 cm³/mol. The molecule has 63 heavy (non-hydrogen) atoms. The van der Waals surface area contributed by atoms with Gasteiger partial charge in [0, 0.05) is 19.3 Å². The van der Waals surface area contributed by atoms with Crippen LogP contribution in [0, 0.1) is 0 Å². The lowest BCUT2D eigenvalue weighted by molar-refractivity contribution is -0.167. The SMILES string of the molecule is CCCCC/C=C\C/C=C\C/C=C\C/C=C\CCCC(=O)OC[C@@H](COC(=O)CCCCCCCCCCCCC)OC(=O)CCCCCCCCC/C=C\CCCCCCCC. The zero-order valence-electron chi connectivity index (χ0n) is 41.6. The number of rotatable bonds is 48. The molecular formula is C57H100O6. The Bertz CT molecular complexity index is 1150. The van der Waals surface area contributed by atoms with E-state index in [0.29, 0.717) is 19.3 Å². The van der Waals surface area contributed by atoms with E-state index in [2.05, 4.69) is 81.5 Å². The van der Waals surface area contributed by atoms with Crippen LogP contribution in [0.4, 0.5) is 0 Å². The van der Waals surface area contributed by atoms with Crippen molar-refractivity contribution in [2.24, 2.45) is 0 Å². The van der Waals surface area contributed by atoms with Gasteiger partial charge in [-0.2, -0.15) is 0 Å². The molecule has 0 spiro atoms. The summed E-state index contributed by atoms with van der Waals surface area (Å²) in [5, 5.41) is 0. The molecule has 0 N–H and O–H groups in total. The highest BCUT2D eigenvalue weighted by Crippen LogP contribution is 2.15. The number of carbonyl (C=O) groups is 3. The molecular weight excluding hydrogens is 781 g/mol. The van der Waals surface area contributed by atoms with Crippen molar-refractivity contribution in [3.8, 4) is 0 Å². The smallest absolute Gasteiger partial charge is 0.306 e. The van der Waals surface area contributed by atoms with E-state index < -0.39 is 6.10 Å². The third-order valence-corrected chi connectivity index (χ3v) is 11.5. The van der Waals surface area contributed by atoms with Gasteiger partial charge in [-0.1, -0.05) is 223 Å². The summed E-state index contributed by atoms with van der Waals surface area (Å²) in [4.78, 5) is 38.0. The van der Waals surface area contributed by atoms with E-state index in [0.717, 1.165) is 64.2 Å². The van der Waals surface area contributed by atoms with Crippen molar-refractivity contribution in [1.29, 1.82) is 0 Å². The molecule has 0 aromatic heterocycles. The summed E-state index contributed by atoms with van der Waals surface area (Å²) in [6, 6.07) is 0. The summed E-state index contributed by atoms with van der Waals surface area (Å²) in [5.74, 6) is -0.948. The zero-order valence-corrected chi connectivity index (χ0v) is 41.6. The molecule has 0 heterocycles. The van der Waals surface area contributed by atoms with Gasteiger partial charge in [-0.05, 0) is 83.5 Å². The Kier molecular flexibility index (Phi) is 49.4. The Balaban J connectivity index is 4.44. The molecule has 0 aliphatic heterocycles. The Morgan fingerprint density at radius 1 is 0.317 bits per heavy atom. The van der Waals surface area contributed by atoms with E-state index in [1.54, 1.807) is 0 Å². The molecule has 0 bridgehead atoms. The van der Waals surface area contributed by atoms with E-state index in [-0.39, 0.29) is 37.5 Å². The first kappa shape index (κ1) is 60.1. The Labute approximate surface area is 390 Å². The third kappa shape index (κ3) is 50.0. The van der Waals surface area contributed by atoms with E-state index in [1.807, 2.05) is 0 Å². The van der Waals surface area contributed by atoms with Crippen LogP contribution < -0.4 is 0 Å². The fourth-order valence-electron chi connectivity index (χ4n) is 7.43. The average Bonchev–Trinajstić information content (AvgIpc) is 3.28. The maximum absolute atomic E-state index is 12.8. The number of allylic oxidation sites excluding steroid dienone is 10. The van der Waals surface area contributed by atoms with E-state index in [1.165, 1.54) is 154 Å². The minimum atomic E-state index is -0.795. The lowest BCUT2D eigenvalue weighted by atomic mass is 10.1. The van der Waals surface area contributed by atoms with Gasteiger partial charge < -0.3 is 14.2 Å². The minimum Gasteiger partial charge on any atom is -0.462 e. The monoisotopic (exact) mass is 881 g/mol. The van der Waals surface area contributed by atoms with Gasteiger partial charge in [0.05, 0.1) is 0 Å². The van der Waals surface area contributed by atoms with Crippen LogP contribution in [0.1, 0.15) is 265 Å². The maximum atomic E-state index is 12.8. The molecule has 0 saturated carbocycles. The number of ether oxygens (including phenoxy) is 3. The predicted octanol–water partition coefficient (Wildman–Crippen LogP) is 17.6. The first-order valence-electron chi connectivity index (χ1n) is 26.8. The van der Waals surface area contributed by atoms with Crippen LogP contribution in [0.25, 0.3) is 0 Å². The molecule has 0 amide bonds. The summed E-state index contributed by atoms with van der Waals surface area (Å²) in [7, 11) is 0. The number of esters is 3. The molecule has 0 radical (unpaired) electrons. The molecule has 0 unspecified atom stereocenters. The molecule has 1 atom stereocenters. The number of carbonyl (C=O) groups excluding carboxylic acids is 3. The van der Waals surface area contributed by atoms with Gasteiger partial charge in [-0.15, -0.1) is 0 Å². The van der Waals surface area contributed by atoms with Crippen LogP contribution in [0.2, 0.25) is 0 Å². The van der Waals surface area contributed by atoms with Gasteiger partial charge in [0.15, 0.2) is 6.10 Å². The van der Waals surface area contributed by atoms with Gasteiger partial charge in [0.25, 0.3) is 0 Å². The fraction of sp³-hybridized carbons (Fsp3) is 0.772. The van der Waals surface area contributed by atoms with Crippen molar-refractivity contribution >= 4 is 17.9 Å². The topological polar surface area (TPSA) is 78.9 Å². The van der Waals surface area contributed by atoms with Crippen molar-refractivity contribution in [2.45, 2.75) is 271 Å². The van der Waals surface area contributed by atoms with Crippen LogP contribution in [-0.2, 0) is 28.6 Å². The Hall–Kier alpha value is -2.89. The highest BCUT2D eigenvalue weighted by Gasteiger charge is 2.19. The molecule has 0 fully saturated rings. The van der Waals surface area contributed by atoms with Crippen LogP contribution in [0.3, 0.4) is 0 Å². The first-order valence-corrected chi connectivity index (χ1v) is 26.8. The van der Waals surface area contributed by atoms with Crippen LogP contribution in [0.15, 0.2) is 60.8 Å². The molecule has 0 aromatic rings. The van der Waals surface area contributed by atoms with Crippen LogP contribution >= 0.6 is 0 Å². The van der Waals surface area contributed by atoms with Crippen molar-refractivity contribution in [2.75, 3.05) is 13.2 Å². The van der Waals surface area contributed by atoms with Gasteiger partial charge in [-0.3, -0.25) is 14.4 Å². The standard InChI is InChI=1S/C57H100O6/c1-4-7-10-13-16-19-22-24-26-28-30-32-35-38-41-44-47-50-56(59)62-53-54(52-61-55(58)49-46-43-40-37-34-21-18-15-12-9-6-3)63-57(60)51-48-45-42-39-36-33-31-29-27-25-23-20-17-14-11-8-5-2/h16,19,24-27,30,32,38,41,54H,4-15,17-18,20-23,28-29,31,33-37,39-40,42-53H2,1-3H3/b19-16-,26-24-,27-25-,32-30-,41-38-/t54-/m1/s1. The lowest BCUT2D eigenvalue weighted by Gasteiger charge is -2.18. The molecule has 0 rings (SSSR count). The second-order valence-corrected chi connectivity index (χ2v) is 17.8. The summed E-state index contributed by atoms with van der Waals surface area (Å²) < 4.78 is 16.8. The first-order chi connectivity index (χ1) is 31.0. The van der Waals surface area contributed by atoms with Crippen molar-refractivity contribution in [1.82, 2.24) is 0 Å². The van der Waals surface area contributed by atoms with Crippen LogP contribution in [-0.4, -0.2) is 37.2 Å². The van der Waals surface area contributed by atoms with Crippen molar-refractivity contribution in [3.63, 3.8) is 0 Å². The highest BCUT2D eigenvalue weighted by atomic mass is 16.6. The number of hydrogen-bond donors (Lipinski definition) is 0. The van der Waals surface area contributed by atoms with Crippen molar-refractivity contribution in [3.05, 3.63) is 60.8 Å². The molecule has 0 saturated heterocycles. The normalized spacial score (nSPS) is 12.5. The summed E-state index contributed by atoms with van der Waals surface area (Å²) in [6.45, 7) is 6.56. The molecule has 364 valence electrons. The maximum Gasteiger partial charge on any atom is 0.306 e. The van der Waals surface area contributed by atoms with Gasteiger partial charge in [0.2, 0.25) is 0 Å². The molecule has 6 nitrogen and oxygen atoms in total. The van der Waals surface area contributed by atoms with E-state index in [4.69, 9.17) is 14.2 Å². The Morgan fingerprint density at radius 2 is 0.587 bits per heavy atom. The molecule has 0 aliphatic rings. The van der Waals surface area contributed by atoms with Gasteiger partial charge in [0.1, 0.15) is 13.2 Å². The van der Waals surface area contributed by atoms with Gasteiger partial charge in [-0.25, -0.2) is 0 Å².